The van der Waals surface area contributed by atoms with E-state index in [0.717, 1.165) is 10.5 Å². The number of allylic oxidation sites excluding steroid dienone is 1. The molecule has 0 unspecified atom stereocenters. The van der Waals surface area contributed by atoms with E-state index in [2.05, 4.69) is 11.9 Å². The van der Waals surface area contributed by atoms with E-state index in [1.807, 2.05) is 0 Å². The van der Waals surface area contributed by atoms with Gasteiger partial charge >= 0.3 is 12.0 Å². The fraction of sp³-hybridized carbons (Fsp3) is 0.167. The molecule has 10 heteroatoms. The number of hydrogen-bond donors (Lipinski definition) is 2. The summed E-state index contributed by atoms with van der Waals surface area (Å²) < 4.78 is 10.7. The van der Waals surface area contributed by atoms with Gasteiger partial charge in [-0.25, -0.2) is 14.5 Å². The van der Waals surface area contributed by atoms with E-state index in [-0.39, 0.29) is 22.8 Å². The SMILES string of the molecule is C=CCc1cc(/C=C2/C(=O)NC(=O)N(c3ccc(C)c(Cl)c3)C2=O)cc(OC)c1OCC(=O)O. The molecule has 0 atom stereocenters. The number of benzene rings is 2. The van der Waals surface area contributed by atoms with Gasteiger partial charge in [0.1, 0.15) is 5.57 Å². The number of aryl methyl sites for hydroxylation is 1. The third-order valence-corrected chi connectivity index (χ3v) is 5.31. The summed E-state index contributed by atoms with van der Waals surface area (Å²) >= 11 is 6.14. The second-order valence-corrected chi connectivity index (χ2v) is 7.69. The van der Waals surface area contributed by atoms with Crippen LogP contribution in [0.4, 0.5) is 10.5 Å². The summed E-state index contributed by atoms with van der Waals surface area (Å²) in [6.45, 7) is 4.87. The van der Waals surface area contributed by atoms with Crippen LogP contribution in [0.25, 0.3) is 6.08 Å². The number of halogens is 1. The number of barbiturate groups is 1. The van der Waals surface area contributed by atoms with Gasteiger partial charge in [0.2, 0.25) is 0 Å². The Bertz CT molecular complexity index is 1240. The smallest absolute Gasteiger partial charge is 0.341 e. The molecule has 1 fully saturated rings. The van der Waals surface area contributed by atoms with Crippen molar-refractivity contribution in [3.63, 3.8) is 0 Å². The lowest BCUT2D eigenvalue weighted by Gasteiger charge is -2.26. The first-order valence-corrected chi connectivity index (χ1v) is 10.4. The minimum Gasteiger partial charge on any atom is -0.493 e. The minimum atomic E-state index is -1.16. The molecule has 1 saturated heterocycles. The highest BCUT2D eigenvalue weighted by Gasteiger charge is 2.37. The van der Waals surface area contributed by atoms with Gasteiger partial charge in [0.25, 0.3) is 11.8 Å². The number of urea groups is 1. The van der Waals surface area contributed by atoms with E-state index in [9.17, 15) is 19.2 Å². The number of aliphatic carboxylic acids is 1. The molecule has 0 radical (unpaired) electrons. The van der Waals surface area contributed by atoms with E-state index in [1.165, 1.54) is 25.3 Å². The molecular formula is C24H21ClN2O7. The second kappa shape index (κ2) is 10.2. The van der Waals surface area contributed by atoms with Crippen LogP contribution in [0.5, 0.6) is 11.5 Å². The van der Waals surface area contributed by atoms with E-state index in [0.29, 0.717) is 22.6 Å². The zero-order valence-corrected chi connectivity index (χ0v) is 19.1. The molecule has 9 nitrogen and oxygen atoms in total. The van der Waals surface area contributed by atoms with E-state index >= 15 is 0 Å². The maximum atomic E-state index is 13.2. The predicted octanol–water partition coefficient (Wildman–Crippen LogP) is 3.52. The topological polar surface area (TPSA) is 122 Å². The van der Waals surface area contributed by atoms with Crippen LogP contribution < -0.4 is 19.7 Å². The summed E-state index contributed by atoms with van der Waals surface area (Å²) in [7, 11) is 1.37. The molecule has 0 aromatic heterocycles. The summed E-state index contributed by atoms with van der Waals surface area (Å²) in [5.41, 5.74) is 1.60. The van der Waals surface area contributed by atoms with E-state index in [1.54, 1.807) is 31.2 Å². The molecule has 0 spiro atoms. The maximum absolute atomic E-state index is 13.2. The van der Waals surface area contributed by atoms with Crippen LogP contribution in [0.15, 0.2) is 48.6 Å². The molecule has 0 bridgehead atoms. The summed E-state index contributed by atoms with van der Waals surface area (Å²) in [5, 5.41) is 11.5. The largest absolute Gasteiger partial charge is 0.493 e. The first-order valence-electron chi connectivity index (χ1n) is 10.00. The number of carboxylic acid groups (broad SMARTS) is 1. The zero-order valence-electron chi connectivity index (χ0n) is 18.4. The van der Waals surface area contributed by atoms with Crippen molar-refractivity contribution in [3.8, 4) is 11.5 Å². The standard InChI is InChI=1S/C24H21ClN2O7/c1-4-5-15-8-14(10-19(33-3)21(15)34-12-20(28)29)9-17-22(30)26-24(32)27(23(17)31)16-7-6-13(2)18(25)11-16/h4,6-11H,1,5,12H2,2-3H3,(H,28,29)(H,26,30,32)/b17-9-. The number of ether oxygens (including phenoxy) is 2. The van der Waals surface area contributed by atoms with Crippen molar-refractivity contribution in [1.82, 2.24) is 5.32 Å². The van der Waals surface area contributed by atoms with Gasteiger partial charge in [-0.15, -0.1) is 6.58 Å². The van der Waals surface area contributed by atoms with Gasteiger partial charge < -0.3 is 14.6 Å². The first-order chi connectivity index (χ1) is 16.2. The van der Waals surface area contributed by atoms with Gasteiger partial charge in [-0.2, -0.15) is 0 Å². The highest BCUT2D eigenvalue weighted by Crippen LogP contribution is 2.35. The lowest BCUT2D eigenvalue weighted by atomic mass is 10.0. The summed E-state index contributed by atoms with van der Waals surface area (Å²) in [6.07, 6.45) is 3.19. The van der Waals surface area contributed by atoms with Crippen LogP contribution in [0.1, 0.15) is 16.7 Å². The fourth-order valence-corrected chi connectivity index (χ4v) is 3.48. The van der Waals surface area contributed by atoms with Crippen LogP contribution in [-0.2, 0) is 20.8 Å². The van der Waals surface area contributed by atoms with Crippen molar-refractivity contribution < 1.29 is 33.8 Å². The van der Waals surface area contributed by atoms with Crippen molar-refractivity contribution in [3.05, 3.63) is 70.3 Å². The summed E-state index contributed by atoms with van der Waals surface area (Å²) in [5.74, 6) is -2.45. The molecule has 0 aliphatic carbocycles. The molecule has 3 rings (SSSR count). The molecule has 0 saturated carbocycles. The average molecular weight is 485 g/mol. The molecule has 34 heavy (non-hydrogen) atoms. The Morgan fingerprint density at radius 2 is 1.97 bits per heavy atom. The Hall–Kier alpha value is -4.11. The second-order valence-electron chi connectivity index (χ2n) is 7.28. The monoisotopic (exact) mass is 484 g/mol. The van der Waals surface area contributed by atoms with Gasteiger partial charge in [-0.05, 0) is 54.8 Å². The first kappa shape index (κ1) is 24.5. The molecule has 2 aromatic carbocycles. The number of imide groups is 2. The number of carbonyl (C=O) groups excluding carboxylic acids is 3. The van der Waals surface area contributed by atoms with Crippen molar-refractivity contribution in [2.24, 2.45) is 0 Å². The average Bonchev–Trinajstić information content (AvgIpc) is 2.77. The van der Waals surface area contributed by atoms with Crippen molar-refractivity contribution in [2.45, 2.75) is 13.3 Å². The van der Waals surface area contributed by atoms with Crippen LogP contribution in [0, 0.1) is 6.92 Å². The number of rotatable bonds is 8. The Balaban J connectivity index is 2.06. The van der Waals surface area contributed by atoms with Gasteiger partial charge in [0.05, 0.1) is 12.8 Å². The van der Waals surface area contributed by atoms with Crippen LogP contribution >= 0.6 is 11.6 Å². The number of carbonyl (C=O) groups is 4. The summed E-state index contributed by atoms with van der Waals surface area (Å²) in [6, 6.07) is 6.86. The van der Waals surface area contributed by atoms with Crippen molar-refractivity contribution in [1.29, 1.82) is 0 Å². The Labute approximate surface area is 200 Å². The van der Waals surface area contributed by atoms with Gasteiger partial charge in [-0.1, -0.05) is 23.7 Å². The molecule has 2 N–H and O–H groups in total. The number of anilines is 1. The molecule has 2 aromatic rings. The van der Waals surface area contributed by atoms with Gasteiger partial charge in [0, 0.05) is 10.6 Å². The van der Waals surface area contributed by atoms with E-state index < -0.39 is 30.4 Å². The third-order valence-electron chi connectivity index (χ3n) is 4.90. The minimum absolute atomic E-state index is 0.203. The molecule has 1 aliphatic heterocycles. The lowest BCUT2D eigenvalue weighted by molar-refractivity contribution is -0.139. The van der Waals surface area contributed by atoms with Gasteiger partial charge in [-0.3, -0.25) is 14.9 Å². The van der Waals surface area contributed by atoms with E-state index in [4.69, 9.17) is 26.2 Å². The number of amides is 4. The van der Waals surface area contributed by atoms with Crippen LogP contribution in [0.2, 0.25) is 5.02 Å². The predicted molar refractivity (Wildman–Crippen MR) is 125 cm³/mol. The molecule has 1 heterocycles. The molecule has 176 valence electrons. The number of nitrogens with zero attached hydrogens (tertiary/aromatic N) is 1. The van der Waals surface area contributed by atoms with Crippen LogP contribution in [-0.4, -0.2) is 42.6 Å². The number of nitrogens with one attached hydrogen (secondary N) is 1. The fourth-order valence-electron chi connectivity index (χ4n) is 3.30. The Kier molecular flexibility index (Phi) is 7.37. The maximum Gasteiger partial charge on any atom is 0.341 e. The third kappa shape index (κ3) is 5.10. The molecule has 1 aliphatic rings. The van der Waals surface area contributed by atoms with Crippen molar-refractivity contribution >= 4 is 47.2 Å². The quantitative estimate of drug-likeness (QED) is 0.334. The Morgan fingerprint density at radius 3 is 2.59 bits per heavy atom. The highest BCUT2D eigenvalue weighted by molar-refractivity contribution is 6.39. The lowest BCUT2D eigenvalue weighted by Crippen LogP contribution is -2.54. The highest BCUT2D eigenvalue weighted by atomic mass is 35.5. The molecular weight excluding hydrogens is 464 g/mol. The number of carboxylic acids is 1. The summed E-state index contributed by atoms with van der Waals surface area (Å²) in [4.78, 5) is 49.9. The van der Waals surface area contributed by atoms with Gasteiger partial charge in [0.15, 0.2) is 18.1 Å². The normalized spacial score (nSPS) is 14.7. The number of methoxy groups -OCH3 is 1. The Morgan fingerprint density at radius 1 is 1.24 bits per heavy atom. The molecule has 4 amide bonds. The van der Waals surface area contributed by atoms with Crippen molar-refractivity contribution in [2.75, 3.05) is 18.6 Å². The number of hydrogen-bond acceptors (Lipinski definition) is 6. The van der Waals surface area contributed by atoms with Crippen LogP contribution in [0.3, 0.4) is 0 Å². The zero-order chi connectivity index (χ0) is 25.0.